The van der Waals surface area contributed by atoms with Crippen LogP contribution in [0.1, 0.15) is 5.76 Å². The first-order valence-electron chi connectivity index (χ1n) is 8.10. The van der Waals surface area contributed by atoms with Crippen molar-refractivity contribution in [1.82, 2.24) is 0 Å². The van der Waals surface area contributed by atoms with E-state index in [1.165, 1.54) is 18.2 Å². The first-order valence-corrected chi connectivity index (χ1v) is 9.27. The van der Waals surface area contributed by atoms with E-state index in [0.29, 0.717) is 11.5 Å². The van der Waals surface area contributed by atoms with E-state index in [9.17, 15) is 20.2 Å². The highest BCUT2D eigenvalue weighted by molar-refractivity contribution is 9.10. The largest absolute Gasteiger partial charge is 0.457 e. The number of nitro groups is 1. The second-order valence-electron chi connectivity index (χ2n) is 5.75. The number of nitrogens with zero attached hydrogens (tertiary/aromatic N) is 2. The zero-order valence-electron chi connectivity index (χ0n) is 14.6. The highest BCUT2D eigenvalue weighted by Gasteiger charge is 2.16. The molecule has 1 amide bonds. The summed E-state index contributed by atoms with van der Waals surface area (Å²) in [7, 11) is 0. The monoisotopic (exact) mass is 471 g/mol. The number of benzene rings is 2. The zero-order chi connectivity index (χ0) is 21.0. The molecule has 3 rings (SSSR count). The van der Waals surface area contributed by atoms with Crippen LogP contribution in [0.4, 0.5) is 11.4 Å². The van der Waals surface area contributed by atoms with Gasteiger partial charge in [-0.25, -0.2) is 0 Å². The van der Waals surface area contributed by atoms with Crippen molar-refractivity contribution in [1.29, 1.82) is 5.26 Å². The Morgan fingerprint density at radius 3 is 2.59 bits per heavy atom. The molecule has 2 aromatic carbocycles. The van der Waals surface area contributed by atoms with E-state index in [2.05, 4.69) is 21.2 Å². The van der Waals surface area contributed by atoms with Gasteiger partial charge in [-0.15, -0.1) is 0 Å². The molecule has 7 nitrogen and oxygen atoms in total. The number of carbonyl (C=O) groups excluding carboxylic acids is 1. The van der Waals surface area contributed by atoms with Gasteiger partial charge < -0.3 is 9.73 Å². The molecule has 0 aliphatic rings. The second-order valence-corrected chi connectivity index (χ2v) is 7.08. The summed E-state index contributed by atoms with van der Waals surface area (Å²) < 4.78 is 6.61. The molecule has 0 saturated heterocycles. The molecule has 3 aromatic rings. The predicted octanol–water partition coefficient (Wildman–Crippen LogP) is 5.82. The fourth-order valence-electron chi connectivity index (χ4n) is 2.40. The molecule has 0 spiro atoms. The van der Waals surface area contributed by atoms with Gasteiger partial charge in [-0.3, -0.25) is 14.9 Å². The van der Waals surface area contributed by atoms with Gasteiger partial charge in [0.2, 0.25) is 0 Å². The van der Waals surface area contributed by atoms with E-state index in [4.69, 9.17) is 16.0 Å². The molecule has 144 valence electrons. The molecule has 0 unspecified atom stereocenters. The third-order valence-electron chi connectivity index (χ3n) is 3.82. The highest BCUT2D eigenvalue weighted by Crippen LogP contribution is 2.28. The van der Waals surface area contributed by atoms with E-state index < -0.39 is 10.8 Å². The average molecular weight is 473 g/mol. The maximum absolute atomic E-state index is 12.4. The highest BCUT2D eigenvalue weighted by atomic mass is 79.9. The van der Waals surface area contributed by atoms with Gasteiger partial charge in [0.1, 0.15) is 23.2 Å². The number of halogens is 2. The molecule has 0 aliphatic heterocycles. The lowest BCUT2D eigenvalue weighted by atomic mass is 10.2. The molecule has 0 atom stereocenters. The molecule has 1 aromatic heterocycles. The molecule has 0 radical (unpaired) electrons. The van der Waals surface area contributed by atoms with Crippen LogP contribution in [0.25, 0.3) is 17.4 Å². The van der Waals surface area contributed by atoms with Gasteiger partial charge in [0.05, 0.1) is 15.6 Å². The predicted molar refractivity (Wildman–Crippen MR) is 112 cm³/mol. The van der Waals surface area contributed by atoms with Gasteiger partial charge in [-0.2, -0.15) is 5.26 Å². The second kappa shape index (κ2) is 8.73. The summed E-state index contributed by atoms with van der Waals surface area (Å²) in [6, 6.07) is 16.2. The maximum Gasteiger partial charge on any atom is 0.271 e. The van der Waals surface area contributed by atoms with Gasteiger partial charge >= 0.3 is 0 Å². The Bertz CT molecular complexity index is 1160. The van der Waals surface area contributed by atoms with E-state index in [1.54, 1.807) is 18.2 Å². The van der Waals surface area contributed by atoms with Crippen molar-refractivity contribution < 1.29 is 14.1 Å². The number of amides is 1. The summed E-state index contributed by atoms with van der Waals surface area (Å²) >= 11 is 9.33. The molecule has 29 heavy (non-hydrogen) atoms. The number of hydrogen-bond acceptors (Lipinski definition) is 5. The lowest BCUT2D eigenvalue weighted by molar-refractivity contribution is -0.384. The van der Waals surface area contributed by atoms with Crippen molar-refractivity contribution in [3.8, 4) is 17.4 Å². The number of nitro benzene ring substituents is 1. The zero-order valence-corrected chi connectivity index (χ0v) is 16.9. The van der Waals surface area contributed by atoms with Gasteiger partial charge in [-0.05, 0) is 30.3 Å². The Morgan fingerprint density at radius 2 is 1.93 bits per heavy atom. The molecule has 0 aliphatic carbocycles. The van der Waals surface area contributed by atoms with Crippen molar-refractivity contribution in [2.24, 2.45) is 0 Å². The van der Waals surface area contributed by atoms with Gasteiger partial charge in [0.25, 0.3) is 11.6 Å². The number of hydrogen-bond donors (Lipinski definition) is 1. The van der Waals surface area contributed by atoms with E-state index in [0.717, 1.165) is 16.1 Å². The van der Waals surface area contributed by atoms with Crippen LogP contribution in [0.2, 0.25) is 5.02 Å². The minimum absolute atomic E-state index is 0.0296. The van der Waals surface area contributed by atoms with Crippen molar-refractivity contribution in [3.63, 3.8) is 0 Å². The fraction of sp³-hybridized carbons (Fsp3) is 0. The Balaban J connectivity index is 1.83. The number of non-ortho nitro benzene ring substituents is 1. The molecule has 1 heterocycles. The van der Waals surface area contributed by atoms with Crippen LogP contribution in [0.3, 0.4) is 0 Å². The van der Waals surface area contributed by atoms with E-state index in [1.807, 2.05) is 24.3 Å². The van der Waals surface area contributed by atoms with Crippen molar-refractivity contribution >= 4 is 50.9 Å². The molecule has 9 heteroatoms. The van der Waals surface area contributed by atoms with Crippen molar-refractivity contribution in [2.45, 2.75) is 0 Å². The van der Waals surface area contributed by atoms with Crippen LogP contribution in [0, 0.1) is 21.4 Å². The molecular formula is C20H11BrClN3O4. The van der Waals surface area contributed by atoms with Gasteiger partial charge in [-0.1, -0.05) is 39.7 Å². The SMILES string of the molecule is N#CC(=Cc1ccc(-c2ccc(Br)cc2)o1)C(=O)Nc1cc([N+](=O)[O-])ccc1Cl. The maximum atomic E-state index is 12.4. The first-order chi connectivity index (χ1) is 13.9. The van der Waals surface area contributed by atoms with Crippen LogP contribution >= 0.6 is 27.5 Å². The smallest absolute Gasteiger partial charge is 0.271 e. The number of nitriles is 1. The number of anilines is 1. The molecule has 0 saturated carbocycles. The Hall–Kier alpha value is -3.41. The van der Waals surface area contributed by atoms with Crippen LogP contribution in [0.15, 0.2) is 69.1 Å². The van der Waals surface area contributed by atoms with Crippen molar-refractivity contribution in [2.75, 3.05) is 5.32 Å². The molecule has 1 N–H and O–H groups in total. The fourth-order valence-corrected chi connectivity index (χ4v) is 2.83. The topological polar surface area (TPSA) is 109 Å². The Morgan fingerprint density at radius 1 is 1.21 bits per heavy atom. The minimum Gasteiger partial charge on any atom is -0.457 e. The van der Waals surface area contributed by atoms with Crippen LogP contribution in [-0.4, -0.2) is 10.8 Å². The van der Waals surface area contributed by atoms with E-state index in [-0.39, 0.29) is 22.0 Å². The third-order valence-corrected chi connectivity index (χ3v) is 4.67. The normalized spacial score (nSPS) is 11.0. The molecule has 0 bridgehead atoms. The van der Waals surface area contributed by atoms with E-state index >= 15 is 0 Å². The summed E-state index contributed by atoms with van der Waals surface area (Å²) in [5, 5.41) is 22.7. The molecule has 0 fully saturated rings. The van der Waals surface area contributed by atoms with Crippen LogP contribution in [0.5, 0.6) is 0 Å². The number of nitrogens with one attached hydrogen (secondary N) is 1. The Kier molecular flexibility index (Phi) is 6.12. The summed E-state index contributed by atoms with van der Waals surface area (Å²) in [6.07, 6.45) is 1.28. The number of furan rings is 1. The van der Waals surface area contributed by atoms with Gasteiger partial charge in [0.15, 0.2) is 0 Å². The molecular weight excluding hydrogens is 462 g/mol. The number of rotatable bonds is 5. The van der Waals surface area contributed by atoms with Gasteiger partial charge in [0, 0.05) is 28.2 Å². The Labute approximate surface area is 178 Å². The van der Waals surface area contributed by atoms with Crippen LogP contribution in [-0.2, 0) is 4.79 Å². The summed E-state index contributed by atoms with van der Waals surface area (Å²) in [5.74, 6) is 0.111. The van der Waals surface area contributed by atoms with Crippen molar-refractivity contribution in [3.05, 3.63) is 85.5 Å². The quantitative estimate of drug-likeness (QED) is 0.218. The summed E-state index contributed by atoms with van der Waals surface area (Å²) in [4.78, 5) is 22.7. The standard InChI is InChI=1S/C20H11BrClN3O4/c21-14-3-1-12(2-4-14)19-8-6-16(29-19)9-13(11-23)20(26)24-18-10-15(25(27)28)5-7-17(18)22/h1-10H,(H,24,26). The summed E-state index contributed by atoms with van der Waals surface area (Å²) in [6.45, 7) is 0. The average Bonchev–Trinajstić information content (AvgIpc) is 3.16. The first kappa shape index (κ1) is 20.3. The minimum atomic E-state index is -0.767. The lowest BCUT2D eigenvalue weighted by Gasteiger charge is -2.06. The third kappa shape index (κ3) is 4.90. The van der Waals surface area contributed by atoms with Crippen LogP contribution < -0.4 is 5.32 Å². The summed E-state index contributed by atoms with van der Waals surface area (Å²) in [5.41, 5.74) is 0.378. The number of carbonyl (C=O) groups is 1. The lowest BCUT2D eigenvalue weighted by Crippen LogP contribution is -2.13.